The summed E-state index contributed by atoms with van der Waals surface area (Å²) in [6.07, 6.45) is 5.78. The minimum absolute atomic E-state index is 0.193. The van der Waals surface area contributed by atoms with E-state index >= 15 is 0 Å². The molecule has 1 aliphatic carbocycles. The van der Waals surface area contributed by atoms with Gasteiger partial charge in [0, 0.05) is 17.6 Å². The fraction of sp³-hybridized carbons (Fsp3) is 0.455. The van der Waals surface area contributed by atoms with Crippen molar-refractivity contribution in [1.82, 2.24) is 0 Å². The monoisotopic (exact) mass is 399 g/mol. The molecule has 5 nitrogen and oxygen atoms in total. The first-order chi connectivity index (χ1) is 13.7. The summed E-state index contributed by atoms with van der Waals surface area (Å²) in [5.74, 6) is -0.596. The molecule has 4 rings (SSSR count). The molecule has 0 spiro atoms. The van der Waals surface area contributed by atoms with Crippen molar-refractivity contribution in [3.63, 3.8) is 0 Å². The van der Waals surface area contributed by atoms with E-state index in [1.165, 1.54) is 35.3 Å². The van der Waals surface area contributed by atoms with Crippen LogP contribution in [0.1, 0.15) is 54.1 Å². The van der Waals surface area contributed by atoms with Crippen molar-refractivity contribution in [1.29, 1.82) is 0 Å². The first-order valence-electron chi connectivity index (χ1n) is 10.0. The molecule has 28 heavy (non-hydrogen) atoms. The van der Waals surface area contributed by atoms with E-state index in [-0.39, 0.29) is 12.5 Å². The van der Waals surface area contributed by atoms with Gasteiger partial charge in [0.15, 0.2) is 0 Å². The molecule has 1 amide bonds. The highest BCUT2D eigenvalue weighted by atomic mass is 32.1. The molecule has 1 aromatic heterocycles. The number of nitrogens with one attached hydrogen (secondary N) is 1. The van der Waals surface area contributed by atoms with Gasteiger partial charge >= 0.3 is 5.97 Å². The molecule has 1 aromatic carbocycles. The van der Waals surface area contributed by atoms with Gasteiger partial charge in [-0.3, -0.25) is 4.79 Å². The van der Waals surface area contributed by atoms with Gasteiger partial charge in [-0.15, -0.1) is 11.3 Å². The second-order valence-corrected chi connectivity index (χ2v) is 8.14. The van der Waals surface area contributed by atoms with Gasteiger partial charge in [-0.2, -0.15) is 0 Å². The second-order valence-electron chi connectivity index (χ2n) is 7.26. The van der Waals surface area contributed by atoms with Gasteiger partial charge in [-0.25, -0.2) is 4.79 Å². The number of ether oxygens (including phenoxy) is 2. The maximum absolute atomic E-state index is 12.7. The number of hydrogen-bond acceptors (Lipinski definition) is 5. The zero-order valence-corrected chi connectivity index (χ0v) is 16.9. The third-order valence-electron chi connectivity index (χ3n) is 5.39. The van der Waals surface area contributed by atoms with E-state index in [0.29, 0.717) is 23.6 Å². The third-order valence-corrected chi connectivity index (χ3v) is 6.28. The molecule has 2 aliphatic rings. The van der Waals surface area contributed by atoms with Crippen molar-refractivity contribution in [2.24, 2.45) is 0 Å². The summed E-state index contributed by atoms with van der Waals surface area (Å²) < 4.78 is 10.8. The standard InChI is InChI=1S/C22H25NO4S/c1-2-26-22(25)19-17(16-10-9-14-6-3-4-7-15(14)12-16)13-28-21(19)23-20(24)18-8-5-11-27-18/h9-10,12-13,18H,2-8,11H2,1H3,(H,23,24). The van der Waals surface area contributed by atoms with Crippen LogP contribution in [0.25, 0.3) is 11.1 Å². The molecule has 2 aromatic rings. The fourth-order valence-corrected chi connectivity index (χ4v) is 4.91. The van der Waals surface area contributed by atoms with Crippen LogP contribution in [-0.2, 0) is 27.1 Å². The minimum Gasteiger partial charge on any atom is -0.462 e. The maximum Gasteiger partial charge on any atom is 0.341 e. The molecule has 1 saturated heterocycles. The number of amides is 1. The van der Waals surface area contributed by atoms with Crippen LogP contribution in [-0.4, -0.2) is 31.2 Å². The van der Waals surface area contributed by atoms with Gasteiger partial charge < -0.3 is 14.8 Å². The molecule has 1 aliphatic heterocycles. The predicted octanol–water partition coefficient (Wildman–Crippen LogP) is 4.59. The van der Waals surface area contributed by atoms with Crippen LogP contribution in [0.3, 0.4) is 0 Å². The van der Waals surface area contributed by atoms with E-state index < -0.39 is 12.1 Å². The van der Waals surface area contributed by atoms with Crippen LogP contribution < -0.4 is 5.32 Å². The molecule has 1 fully saturated rings. The number of carbonyl (C=O) groups excluding carboxylic acids is 2. The Hall–Kier alpha value is -2.18. The molecule has 6 heteroatoms. The van der Waals surface area contributed by atoms with E-state index in [2.05, 4.69) is 23.5 Å². The fourth-order valence-electron chi connectivity index (χ4n) is 3.95. The predicted molar refractivity (Wildman–Crippen MR) is 110 cm³/mol. The van der Waals surface area contributed by atoms with Gasteiger partial charge in [-0.05, 0) is 62.1 Å². The number of anilines is 1. The lowest BCUT2D eigenvalue weighted by Gasteiger charge is -2.17. The van der Waals surface area contributed by atoms with E-state index in [1.807, 2.05) is 5.38 Å². The van der Waals surface area contributed by atoms with E-state index in [4.69, 9.17) is 9.47 Å². The molecule has 2 heterocycles. The first kappa shape index (κ1) is 19.2. The van der Waals surface area contributed by atoms with Gasteiger partial charge in [-0.1, -0.05) is 18.2 Å². The Balaban J connectivity index is 1.68. The number of rotatable bonds is 5. The van der Waals surface area contributed by atoms with Gasteiger partial charge in [0.1, 0.15) is 16.7 Å². The summed E-state index contributed by atoms with van der Waals surface area (Å²) in [5, 5.41) is 5.36. The number of esters is 1. The Bertz CT molecular complexity index is 883. The third kappa shape index (κ3) is 3.84. The Morgan fingerprint density at radius 3 is 2.79 bits per heavy atom. The van der Waals surface area contributed by atoms with Crippen molar-refractivity contribution in [2.45, 2.75) is 51.6 Å². The second kappa shape index (κ2) is 8.45. The van der Waals surface area contributed by atoms with Crippen LogP contribution >= 0.6 is 11.3 Å². The number of benzene rings is 1. The lowest BCUT2D eigenvalue weighted by Crippen LogP contribution is -2.27. The summed E-state index contributed by atoms with van der Waals surface area (Å²) >= 11 is 1.36. The van der Waals surface area contributed by atoms with Crippen molar-refractivity contribution in [2.75, 3.05) is 18.5 Å². The molecule has 1 atom stereocenters. The molecule has 0 saturated carbocycles. The quantitative estimate of drug-likeness (QED) is 0.747. The van der Waals surface area contributed by atoms with Crippen LogP contribution in [0.15, 0.2) is 23.6 Å². The molecule has 0 radical (unpaired) electrons. The molecule has 1 N–H and O–H groups in total. The Morgan fingerprint density at radius 1 is 1.21 bits per heavy atom. The topological polar surface area (TPSA) is 64.6 Å². The van der Waals surface area contributed by atoms with E-state index in [1.54, 1.807) is 6.92 Å². The molecular formula is C22H25NO4S. The maximum atomic E-state index is 12.7. The summed E-state index contributed by atoms with van der Waals surface area (Å²) in [7, 11) is 0. The van der Waals surface area contributed by atoms with E-state index in [0.717, 1.165) is 30.4 Å². The van der Waals surface area contributed by atoms with Crippen molar-refractivity contribution < 1.29 is 19.1 Å². The number of thiophene rings is 1. The first-order valence-corrected chi connectivity index (χ1v) is 10.9. The Labute approximate surface area is 169 Å². The highest BCUT2D eigenvalue weighted by Gasteiger charge is 2.28. The minimum atomic E-state index is -0.440. The summed E-state index contributed by atoms with van der Waals surface area (Å²) in [6, 6.07) is 6.42. The average molecular weight is 400 g/mol. The summed E-state index contributed by atoms with van der Waals surface area (Å²) in [5.41, 5.74) is 5.01. The molecule has 148 valence electrons. The zero-order valence-electron chi connectivity index (χ0n) is 16.1. The number of fused-ring (bicyclic) bond motifs is 1. The zero-order chi connectivity index (χ0) is 19.5. The van der Waals surface area contributed by atoms with Crippen LogP contribution in [0.2, 0.25) is 0 Å². The molecule has 0 bridgehead atoms. The summed E-state index contributed by atoms with van der Waals surface area (Å²) in [4.78, 5) is 25.2. The molecule has 1 unspecified atom stereocenters. The Morgan fingerprint density at radius 2 is 2.04 bits per heavy atom. The van der Waals surface area contributed by atoms with Crippen LogP contribution in [0.5, 0.6) is 0 Å². The lowest BCUT2D eigenvalue weighted by atomic mass is 9.89. The molecular weight excluding hydrogens is 374 g/mol. The van der Waals surface area contributed by atoms with Gasteiger partial charge in [0.05, 0.1) is 6.61 Å². The highest BCUT2D eigenvalue weighted by Crippen LogP contribution is 2.38. The SMILES string of the molecule is CCOC(=O)c1c(-c2ccc3c(c2)CCCC3)csc1NC(=O)C1CCCO1. The number of carbonyl (C=O) groups is 2. The average Bonchev–Trinajstić information content (AvgIpc) is 3.38. The normalized spacial score (nSPS) is 18.5. The number of aryl methyl sites for hydroxylation is 2. The number of hydrogen-bond donors (Lipinski definition) is 1. The highest BCUT2D eigenvalue weighted by molar-refractivity contribution is 7.15. The lowest BCUT2D eigenvalue weighted by molar-refractivity contribution is -0.124. The van der Waals surface area contributed by atoms with E-state index in [9.17, 15) is 9.59 Å². The van der Waals surface area contributed by atoms with Gasteiger partial charge in [0.25, 0.3) is 5.91 Å². The van der Waals surface area contributed by atoms with Crippen LogP contribution in [0, 0.1) is 0 Å². The smallest absolute Gasteiger partial charge is 0.341 e. The van der Waals surface area contributed by atoms with Crippen molar-refractivity contribution in [3.05, 3.63) is 40.3 Å². The van der Waals surface area contributed by atoms with Crippen molar-refractivity contribution in [3.8, 4) is 11.1 Å². The van der Waals surface area contributed by atoms with Crippen molar-refractivity contribution >= 4 is 28.2 Å². The Kier molecular flexibility index (Phi) is 5.78. The largest absolute Gasteiger partial charge is 0.462 e. The van der Waals surface area contributed by atoms with Gasteiger partial charge in [0.2, 0.25) is 0 Å². The summed E-state index contributed by atoms with van der Waals surface area (Å²) in [6.45, 7) is 2.68. The van der Waals surface area contributed by atoms with Crippen LogP contribution in [0.4, 0.5) is 5.00 Å².